The molecular formula is C37H41Cl2N3O6S. The molecule has 0 saturated carbocycles. The van der Waals surface area contributed by atoms with Crippen LogP contribution in [0.1, 0.15) is 30.5 Å². The summed E-state index contributed by atoms with van der Waals surface area (Å²) in [6, 6.07) is 24.3. The van der Waals surface area contributed by atoms with Gasteiger partial charge in [-0.05, 0) is 54.8 Å². The van der Waals surface area contributed by atoms with Crippen molar-refractivity contribution in [2.24, 2.45) is 5.92 Å². The van der Waals surface area contributed by atoms with Crippen LogP contribution in [-0.4, -0.2) is 58.5 Å². The number of carbonyl (C=O) groups is 2. The van der Waals surface area contributed by atoms with Crippen LogP contribution in [-0.2, 0) is 32.6 Å². The lowest BCUT2D eigenvalue weighted by Crippen LogP contribution is -2.53. The van der Waals surface area contributed by atoms with Gasteiger partial charge in [-0.15, -0.1) is 0 Å². The summed E-state index contributed by atoms with van der Waals surface area (Å²) < 4.78 is 40.6. The summed E-state index contributed by atoms with van der Waals surface area (Å²) in [6.45, 7) is 5.41. The Balaban J connectivity index is 1.85. The molecule has 49 heavy (non-hydrogen) atoms. The van der Waals surface area contributed by atoms with Crippen LogP contribution in [0, 0.1) is 12.8 Å². The number of sulfonamides is 1. The summed E-state index contributed by atoms with van der Waals surface area (Å²) in [5.41, 5.74) is 2.40. The van der Waals surface area contributed by atoms with Gasteiger partial charge in [-0.25, -0.2) is 8.42 Å². The lowest BCUT2D eigenvalue weighted by atomic mass is 10.0. The van der Waals surface area contributed by atoms with Gasteiger partial charge in [0.15, 0.2) is 11.5 Å². The molecule has 4 aromatic rings. The molecule has 12 heteroatoms. The van der Waals surface area contributed by atoms with Crippen LogP contribution in [0.3, 0.4) is 0 Å². The van der Waals surface area contributed by atoms with E-state index in [0.29, 0.717) is 27.9 Å². The molecule has 0 aliphatic carbocycles. The molecule has 1 atom stereocenters. The molecule has 2 amide bonds. The van der Waals surface area contributed by atoms with Gasteiger partial charge in [-0.2, -0.15) is 0 Å². The fraction of sp³-hybridized carbons (Fsp3) is 0.297. The first-order chi connectivity index (χ1) is 23.3. The van der Waals surface area contributed by atoms with Crippen molar-refractivity contribution in [2.45, 2.75) is 44.7 Å². The number of ether oxygens (including phenoxy) is 2. The van der Waals surface area contributed by atoms with Gasteiger partial charge in [0.05, 0.1) is 24.8 Å². The normalized spacial score (nSPS) is 11.9. The third-order valence-electron chi connectivity index (χ3n) is 7.89. The van der Waals surface area contributed by atoms with Crippen LogP contribution >= 0.6 is 23.2 Å². The molecule has 1 unspecified atom stereocenters. The Morgan fingerprint density at radius 3 is 2.06 bits per heavy atom. The Labute approximate surface area is 298 Å². The van der Waals surface area contributed by atoms with Crippen molar-refractivity contribution in [3.8, 4) is 11.5 Å². The second-order valence-electron chi connectivity index (χ2n) is 11.9. The van der Waals surface area contributed by atoms with Crippen molar-refractivity contribution in [3.63, 3.8) is 0 Å². The van der Waals surface area contributed by atoms with E-state index in [9.17, 15) is 18.0 Å². The minimum Gasteiger partial charge on any atom is -0.493 e. The summed E-state index contributed by atoms with van der Waals surface area (Å²) in [5.74, 6) is -0.330. The molecule has 0 spiro atoms. The highest BCUT2D eigenvalue weighted by molar-refractivity contribution is 7.92. The molecule has 0 aromatic heterocycles. The largest absolute Gasteiger partial charge is 0.493 e. The van der Waals surface area contributed by atoms with Crippen LogP contribution in [0.2, 0.25) is 10.0 Å². The van der Waals surface area contributed by atoms with Crippen molar-refractivity contribution in [1.29, 1.82) is 0 Å². The number of halogens is 2. The van der Waals surface area contributed by atoms with Crippen molar-refractivity contribution in [3.05, 3.63) is 118 Å². The Hall–Kier alpha value is -4.25. The molecule has 4 aromatic carbocycles. The SMILES string of the molecule is COc1ccc(S(=O)(=O)N(CC(=O)N(Cc2c(Cl)cccc2Cl)C(Cc2ccccc2)C(=O)NCC(C)C)c2ccc(C)cc2)cc1OC. The number of benzene rings is 4. The molecular weight excluding hydrogens is 685 g/mol. The average molecular weight is 727 g/mol. The van der Waals surface area contributed by atoms with Crippen LogP contribution < -0.4 is 19.1 Å². The van der Waals surface area contributed by atoms with E-state index < -0.39 is 34.4 Å². The quantitative estimate of drug-likeness (QED) is 0.143. The van der Waals surface area contributed by atoms with Gasteiger partial charge in [0, 0.05) is 41.2 Å². The monoisotopic (exact) mass is 725 g/mol. The van der Waals surface area contributed by atoms with Crippen molar-refractivity contribution >= 4 is 50.7 Å². The Bertz CT molecular complexity index is 1830. The highest BCUT2D eigenvalue weighted by Gasteiger charge is 2.35. The first kappa shape index (κ1) is 37.6. The maximum Gasteiger partial charge on any atom is 0.264 e. The van der Waals surface area contributed by atoms with E-state index in [1.807, 2.05) is 51.1 Å². The number of carbonyl (C=O) groups excluding carboxylic acids is 2. The first-order valence-corrected chi connectivity index (χ1v) is 17.9. The molecule has 0 aliphatic rings. The van der Waals surface area contributed by atoms with Crippen LogP contribution in [0.15, 0.2) is 95.9 Å². The third-order valence-corrected chi connectivity index (χ3v) is 10.4. The summed E-state index contributed by atoms with van der Waals surface area (Å²) in [7, 11) is -1.51. The molecule has 260 valence electrons. The lowest BCUT2D eigenvalue weighted by molar-refractivity contribution is -0.140. The summed E-state index contributed by atoms with van der Waals surface area (Å²) in [4.78, 5) is 29.9. The van der Waals surface area contributed by atoms with Gasteiger partial charge in [0.2, 0.25) is 11.8 Å². The predicted octanol–water partition coefficient (Wildman–Crippen LogP) is 6.93. The molecule has 0 saturated heterocycles. The van der Waals surface area contributed by atoms with Crippen molar-refractivity contribution in [2.75, 3.05) is 31.6 Å². The van der Waals surface area contributed by atoms with Crippen molar-refractivity contribution < 1.29 is 27.5 Å². The maximum atomic E-state index is 14.7. The summed E-state index contributed by atoms with van der Waals surface area (Å²) in [6.07, 6.45) is 0.158. The summed E-state index contributed by atoms with van der Waals surface area (Å²) in [5, 5.41) is 3.58. The van der Waals surface area contributed by atoms with Gasteiger partial charge < -0.3 is 19.7 Å². The molecule has 0 radical (unpaired) electrons. The number of hydrogen-bond acceptors (Lipinski definition) is 6. The van der Waals surface area contributed by atoms with E-state index in [2.05, 4.69) is 5.32 Å². The van der Waals surface area contributed by atoms with Crippen LogP contribution in [0.4, 0.5) is 5.69 Å². The van der Waals surface area contributed by atoms with Crippen LogP contribution in [0.25, 0.3) is 0 Å². The second kappa shape index (κ2) is 16.9. The first-order valence-electron chi connectivity index (χ1n) is 15.7. The molecule has 1 N–H and O–H groups in total. The van der Waals surface area contributed by atoms with Crippen molar-refractivity contribution in [1.82, 2.24) is 10.2 Å². The highest BCUT2D eigenvalue weighted by atomic mass is 35.5. The Kier molecular flexibility index (Phi) is 13.0. The fourth-order valence-corrected chi connectivity index (χ4v) is 7.12. The number of hydrogen-bond donors (Lipinski definition) is 1. The van der Waals surface area contributed by atoms with E-state index >= 15 is 0 Å². The average Bonchev–Trinajstić information content (AvgIpc) is 3.09. The number of amides is 2. The van der Waals surface area contributed by atoms with E-state index in [4.69, 9.17) is 32.7 Å². The molecule has 0 aliphatic heterocycles. The number of nitrogens with zero attached hydrogens (tertiary/aromatic N) is 2. The predicted molar refractivity (Wildman–Crippen MR) is 194 cm³/mol. The zero-order valence-electron chi connectivity index (χ0n) is 28.2. The number of rotatable bonds is 15. The van der Waals surface area contributed by atoms with E-state index in [1.54, 1.807) is 42.5 Å². The fourth-order valence-electron chi connectivity index (χ4n) is 5.17. The number of methoxy groups -OCH3 is 2. The Morgan fingerprint density at radius 1 is 0.837 bits per heavy atom. The zero-order chi connectivity index (χ0) is 35.7. The van der Waals surface area contributed by atoms with Gasteiger partial charge in [0.1, 0.15) is 12.6 Å². The van der Waals surface area contributed by atoms with Gasteiger partial charge >= 0.3 is 0 Å². The lowest BCUT2D eigenvalue weighted by Gasteiger charge is -2.34. The maximum absolute atomic E-state index is 14.7. The highest BCUT2D eigenvalue weighted by Crippen LogP contribution is 2.33. The van der Waals surface area contributed by atoms with Crippen LogP contribution in [0.5, 0.6) is 11.5 Å². The minimum absolute atomic E-state index is 0.116. The second-order valence-corrected chi connectivity index (χ2v) is 14.6. The van der Waals surface area contributed by atoms with Gasteiger partial charge in [-0.1, -0.05) is 91.1 Å². The standard InChI is InChI=1S/C37H41Cl2N3O6S/c1-25(2)22-40-37(44)33(20-27-10-7-6-8-11-27)41(23-30-31(38)12-9-13-32(30)39)36(43)24-42(28-16-14-26(3)15-17-28)49(45,46)29-18-19-34(47-4)35(21-29)48-5/h6-19,21,25,33H,20,22-24H2,1-5H3,(H,40,44). The number of nitrogens with one attached hydrogen (secondary N) is 1. The number of aryl methyl sites for hydroxylation is 1. The smallest absolute Gasteiger partial charge is 0.264 e. The summed E-state index contributed by atoms with van der Waals surface area (Å²) >= 11 is 13.2. The Morgan fingerprint density at radius 2 is 1.47 bits per heavy atom. The van der Waals surface area contributed by atoms with E-state index in [1.165, 1.54) is 37.3 Å². The van der Waals surface area contributed by atoms with E-state index in [0.717, 1.165) is 15.4 Å². The van der Waals surface area contributed by atoms with Gasteiger partial charge in [-0.3, -0.25) is 13.9 Å². The number of anilines is 1. The third kappa shape index (κ3) is 9.47. The molecule has 9 nitrogen and oxygen atoms in total. The zero-order valence-corrected chi connectivity index (χ0v) is 30.5. The molecule has 0 bridgehead atoms. The molecule has 0 fully saturated rings. The topological polar surface area (TPSA) is 105 Å². The molecule has 0 heterocycles. The van der Waals surface area contributed by atoms with E-state index in [-0.39, 0.29) is 35.2 Å². The molecule has 4 rings (SSSR count). The van der Waals surface area contributed by atoms with Gasteiger partial charge in [0.25, 0.3) is 10.0 Å². The minimum atomic E-state index is -4.37.